The predicted octanol–water partition coefficient (Wildman–Crippen LogP) is 6.21. The van der Waals surface area contributed by atoms with Crippen LogP contribution < -0.4 is 5.32 Å². The zero-order chi connectivity index (χ0) is 22.7. The summed E-state index contributed by atoms with van der Waals surface area (Å²) in [5.74, 6) is -0.518. The third-order valence-corrected chi connectivity index (χ3v) is 7.20. The van der Waals surface area contributed by atoms with Crippen LogP contribution in [-0.4, -0.2) is 26.9 Å². The number of hydrogen-bond acceptors (Lipinski definition) is 6. The third kappa shape index (κ3) is 4.71. The molecular weight excluding hydrogens is 445 g/mol. The predicted molar refractivity (Wildman–Crippen MR) is 128 cm³/mol. The van der Waals surface area contributed by atoms with E-state index in [-0.39, 0.29) is 17.5 Å². The molecule has 1 atom stereocenters. The molecule has 0 saturated carbocycles. The van der Waals surface area contributed by atoms with Gasteiger partial charge in [-0.3, -0.25) is 9.59 Å². The molecule has 0 aliphatic carbocycles. The number of thiophene rings is 1. The molecule has 2 aromatic carbocycles. The average Bonchev–Trinajstić information content (AvgIpc) is 3.23. The lowest BCUT2D eigenvalue weighted by Crippen LogP contribution is -2.24. The van der Waals surface area contributed by atoms with Crippen LogP contribution in [0.1, 0.15) is 30.6 Å². The van der Waals surface area contributed by atoms with Crippen LogP contribution in [0.15, 0.2) is 65.3 Å². The number of Topliss-reactive ketones (excluding diaryl/α,β-unsaturated/α-hetero) is 1. The first-order chi connectivity index (χ1) is 15.5. The maximum Gasteiger partial charge on any atom is 0.237 e. The molecule has 0 radical (unpaired) electrons. The molecule has 32 heavy (non-hydrogen) atoms. The number of fused-ring (bicyclic) bond motifs is 1. The van der Waals surface area contributed by atoms with Crippen LogP contribution in [0.25, 0.3) is 21.3 Å². The van der Waals surface area contributed by atoms with E-state index in [9.17, 15) is 14.0 Å². The second kappa shape index (κ2) is 9.58. The number of anilines is 1. The topological polar surface area (TPSA) is 72.0 Å². The molecule has 1 unspecified atom stereocenters. The van der Waals surface area contributed by atoms with Crippen molar-refractivity contribution in [3.05, 3.63) is 71.6 Å². The molecule has 0 saturated heterocycles. The van der Waals surface area contributed by atoms with E-state index in [0.29, 0.717) is 22.7 Å². The Morgan fingerprint density at radius 2 is 1.94 bits per heavy atom. The van der Waals surface area contributed by atoms with Crippen molar-refractivity contribution in [3.8, 4) is 11.1 Å². The number of nitrogens with zero attached hydrogens (tertiary/aromatic N) is 2. The second-order valence-electron chi connectivity index (χ2n) is 7.16. The van der Waals surface area contributed by atoms with Gasteiger partial charge < -0.3 is 5.32 Å². The summed E-state index contributed by atoms with van der Waals surface area (Å²) in [7, 11) is 0. The molecule has 8 heteroatoms. The lowest BCUT2D eigenvalue weighted by atomic mass is 10.1. The Balaban J connectivity index is 1.62. The Labute approximate surface area is 193 Å². The molecule has 0 bridgehead atoms. The number of thioether (sulfide) groups is 1. The first kappa shape index (κ1) is 22.1. The number of carbonyl (C=O) groups is 2. The van der Waals surface area contributed by atoms with Crippen molar-refractivity contribution in [2.75, 3.05) is 5.32 Å². The van der Waals surface area contributed by atoms with Crippen LogP contribution >= 0.6 is 23.1 Å². The Kier molecular flexibility index (Phi) is 6.62. The average molecular weight is 466 g/mol. The highest BCUT2D eigenvalue weighted by molar-refractivity contribution is 8.00. The molecule has 2 aromatic heterocycles. The van der Waals surface area contributed by atoms with Gasteiger partial charge in [0.15, 0.2) is 5.78 Å². The lowest BCUT2D eigenvalue weighted by molar-refractivity contribution is -0.115. The van der Waals surface area contributed by atoms with Crippen LogP contribution in [0, 0.1) is 5.82 Å². The van der Waals surface area contributed by atoms with Gasteiger partial charge in [-0.05, 0) is 43.2 Å². The molecule has 1 amide bonds. The number of carbonyl (C=O) groups excluding carboxylic acids is 2. The SMILES string of the molecule is CCC(Sc1ncnc2scc(-c3ccc(F)cc3)c12)C(=O)Nc1cccc(C(C)=O)c1. The fraction of sp³-hybridized carbons (Fsp3) is 0.167. The van der Waals surface area contributed by atoms with E-state index in [0.717, 1.165) is 21.3 Å². The van der Waals surface area contributed by atoms with Gasteiger partial charge in [-0.25, -0.2) is 14.4 Å². The fourth-order valence-corrected chi connectivity index (χ4v) is 5.29. The quantitative estimate of drug-likeness (QED) is 0.200. The van der Waals surface area contributed by atoms with Crippen molar-refractivity contribution in [3.63, 3.8) is 0 Å². The summed E-state index contributed by atoms with van der Waals surface area (Å²) in [5.41, 5.74) is 2.91. The van der Waals surface area contributed by atoms with Gasteiger partial charge in [0, 0.05) is 22.2 Å². The number of benzene rings is 2. The number of rotatable bonds is 7. The normalized spacial score (nSPS) is 12.0. The molecule has 0 aliphatic heterocycles. The molecule has 4 rings (SSSR count). The van der Waals surface area contributed by atoms with Crippen LogP contribution in [0.3, 0.4) is 0 Å². The number of nitrogens with one attached hydrogen (secondary N) is 1. The monoisotopic (exact) mass is 465 g/mol. The van der Waals surface area contributed by atoms with Crippen molar-refractivity contribution < 1.29 is 14.0 Å². The van der Waals surface area contributed by atoms with Gasteiger partial charge in [-0.15, -0.1) is 11.3 Å². The Morgan fingerprint density at radius 3 is 2.66 bits per heavy atom. The number of halogens is 1. The fourth-order valence-electron chi connectivity index (χ4n) is 3.27. The second-order valence-corrected chi connectivity index (χ2v) is 9.21. The van der Waals surface area contributed by atoms with Gasteiger partial charge >= 0.3 is 0 Å². The lowest BCUT2D eigenvalue weighted by Gasteiger charge is -2.15. The number of ketones is 1. The molecule has 0 aliphatic rings. The molecule has 0 fully saturated rings. The summed E-state index contributed by atoms with van der Waals surface area (Å²) >= 11 is 2.86. The largest absolute Gasteiger partial charge is 0.325 e. The van der Waals surface area contributed by atoms with Crippen molar-refractivity contribution >= 4 is 50.7 Å². The first-order valence-electron chi connectivity index (χ1n) is 10.0. The number of amides is 1. The summed E-state index contributed by atoms with van der Waals surface area (Å²) in [6.45, 7) is 3.43. The molecule has 162 valence electrons. The van der Waals surface area contributed by atoms with Gasteiger partial charge in [0.25, 0.3) is 0 Å². The van der Waals surface area contributed by atoms with Crippen molar-refractivity contribution in [2.45, 2.75) is 30.5 Å². The maximum absolute atomic E-state index is 13.4. The van der Waals surface area contributed by atoms with Gasteiger partial charge in [-0.2, -0.15) is 0 Å². The van der Waals surface area contributed by atoms with Crippen molar-refractivity contribution in [1.29, 1.82) is 0 Å². The van der Waals surface area contributed by atoms with Gasteiger partial charge in [0.2, 0.25) is 5.91 Å². The van der Waals surface area contributed by atoms with Crippen LogP contribution in [0.4, 0.5) is 10.1 Å². The highest BCUT2D eigenvalue weighted by Crippen LogP contribution is 2.39. The summed E-state index contributed by atoms with van der Waals surface area (Å²) in [6, 6.07) is 13.2. The minimum atomic E-state index is -0.393. The van der Waals surface area contributed by atoms with Gasteiger partial charge in [0.05, 0.1) is 10.6 Å². The van der Waals surface area contributed by atoms with Crippen LogP contribution in [-0.2, 0) is 4.79 Å². The Hall–Kier alpha value is -3.10. The molecule has 5 nitrogen and oxygen atoms in total. The first-order valence-corrected chi connectivity index (χ1v) is 11.8. The van der Waals surface area contributed by atoms with Crippen molar-refractivity contribution in [1.82, 2.24) is 9.97 Å². The minimum absolute atomic E-state index is 0.0586. The number of aromatic nitrogens is 2. The molecule has 4 aromatic rings. The summed E-state index contributed by atoms with van der Waals surface area (Å²) in [5, 5.41) is 6.06. The van der Waals surface area contributed by atoms with Gasteiger partial charge in [0.1, 0.15) is 22.0 Å². The molecule has 2 heterocycles. The van der Waals surface area contributed by atoms with E-state index in [1.165, 1.54) is 48.5 Å². The zero-order valence-electron chi connectivity index (χ0n) is 17.5. The summed E-state index contributed by atoms with van der Waals surface area (Å²) in [6.07, 6.45) is 2.08. The highest BCUT2D eigenvalue weighted by Gasteiger charge is 2.22. The summed E-state index contributed by atoms with van der Waals surface area (Å²) in [4.78, 5) is 34.3. The van der Waals surface area contributed by atoms with Crippen LogP contribution in [0.2, 0.25) is 0 Å². The van der Waals surface area contributed by atoms with Crippen molar-refractivity contribution in [2.24, 2.45) is 0 Å². The van der Waals surface area contributed by atoms with E-state index in [2.05, 4.69) is 15.3 Å². The maximum atomic E-state index is 13.4. The van der Waals surface area contributed by atoms with Gasteiger partial charge in [-0.1, -0.05) is 43.0 Å². The highest BCUT2D eigenvalue weighted by atomic mass is 32.2. The molecular formula is C24H20FN3O2S2. The summed E-state index contributed by atoms with van der Waals surface area (Å²) < 4.78 is 13.4. The zero-order valence-corrected chi connectivity index (χ0v) is 19.1. The molecule has 1 N–H and O–H groups in total. The standard InChI is InChI=1S/C24H20FN3O2S2/c1-3-20(22(30)28-18-6-4-5-16(11-18)14(2)29)32-24-21-19(12-31-23(21)26-13-27-24)15-7-9-17(25)10-8-15/h4-13,20H,3H2,1-2H3,(H,28,30). The van der Waals surface area contributed by atoms with E-state index in [4.69, 9.17) is 0 Å². The van der Waals surface area contributed by atoms with E-state index in [1.54, 1.807) is 36.4 Å². The van der Waals surface area contributed by atoms with E-state index >= 15 is 0 Å². The third-order valence-electron chi connectivity index (χ3n) is 4.94. The smallest absolute Gasteiger partial charge is 0.237 e. The molecule has 0 spiro atoms. The Morgan fingerprint density at radius 1 is 1.16 bits per heavy atom. The Bertz CT molecular complexity index is 1290. The minimum Gasteiger partial charge on any atom is -0.325 e. The van der Waals surface area contributed by atoms with E-state index in [1.807, 2.05) is 12.3 Å². The van der Waals surface area contributed by atoms with Crippen LogP contribution in [0.5, 0.6) is 0 Å². The van der Waals surface area contributed by atoms with E-state index < -0.39 is 5.25 Å². The number of hydrogen-bond donors (Lipinski definition) is 1.